The van der Waals surface area contributed by atoms with Gasteiger partial charge in [0.05, 0.1) is 11.0 Å². The van der Waals surface area contributed by atoms with Crippen molar-refractivity contribution in [3.63, 3.8) is 0 Å². The van der Waals surface area contributed by atoms with Crippen LogP contribution in [0.15, 0.2) is 66.7 Å². The second-order valence-electron chi connectivity index (χ2n) is 9.05. The minimum Gasteiger partial charge on any atom is -0.309 e. The molecule has 0 spiro atoms. The summed E-state index contributed by atoms with van der Waals surface area (Å²) in [5.74, 6) is 1.51. The van der Waals surface area contributed by atoms with Crippen LogP contribution in [-0.4, -0.2) is 28.6 Å². The maximum Gasteiger partial charge on any atom is 0.0543 e. The molecule has 2 bridgehead atoms. The third-order valence-corrected chi connectivity index (χ3v) is 7.61. The van der Waals surface area contributed by atoms with Gasteiger partial charge < -0.3 is 9.47 Å². The number of nitrogens with zero attached hydrogens (tertiary/aromatic N) is 2. The Hall–Kier alpha value is -2.58. The number of fused-ring (bicyclic) bond motifs is 6. The molecule has 29 heavy (non-hydrogen) atoms. The highest BCUT2D eigenvalue weighted by Gasteiger charge is 2.41. The average Bonchev–Trinajstić information content (AvgIpc) is 3.08. The van der Waals surface area contributed by atoms with Crippen LogP contribution >= 0.6 is 0 Å². The molecule has 0 amide bonds. The predicted molar refractivity (Wildman–Crippen MR) is 122 cm³/mol. The van der Waals surface area contributed by atoms with E-state index in [0.717, 1.165) is 5.92 Å². The normalized spacial score (nSPS) is 26.4. The SMILES string of the molecule is Cc1cc2c(cc1C1C3CCN(CC3)[C@@H]1C)c1ccccc1n2-c1ccccc1. The van der Waals surface area contributed by atoms with E-state index < -0.39 is 0 Å². The van der Waals surface area contributed by atoms with E-state index in [2.05, 4.69) is 90.0 Å². The minimum atomic E-state index is 0.654. The lowest BCUT2D eigenvalue weighted by Gasteiger charge is -2.50. The van der Waals surface area contributed by atoms with Gasteiger partial charge in [-0.1, -0.05) is 36.4 Å². The van der Waals surface area contributed by atoms with E-state index in [0.29, 0.717) is 12.0 Å². The van der Waals surface area contributed by atoms with Crippen molar-refractivity contribution < 1.29 is 0 Å². The summed E-state index contributed by atoms with van der Waals surface area (Å²) in [6.07, 6.45) is 2.72. The van der Waals surface area contributed by atoms with Gasteiger partial charge in [-0.15, -0.1) is 0 Å². The maximum absolute atomic E-state index is 2.71. The smallest absolute Gasteiger partial charge is 0.0543 e. The van der Waals surface area contributed by atoms with Crippen LogP contribution in [-0.2, 0) is 0 Å². The van der Waals surface area contributed by atoms with Crippen molar-refractivity contribution in [2.75, 3.05) is 13.1 Å². The molecular formula is C27H28N2. The summed E-state index contributed by atoms with van der Waals surface area (Å²) in [5, 5.41) is 2.76. The molecule has 1 unspecified atom stereocenters. The molecule has 3 fully saturated rings. The molecule has 2 atom stereocenters. The number of piperidine rings is 3. The van der Waals surface area contributed by atoms with Gasteiger partial charge in [-0.3, -0.25) is 0 Å². The highest BCUT2D eigenvalue weighted by Crippen LogP contribution is 2.46. The molecule has 0 saturated carbocycles. The number of benzene rings is 3. The summed E-state index contributed by atoms with van der Waals surface area (Å²) in [5.41, 5.74) is 6.89. The lowest BCUT2D eigenvalue weighted by atomic mass is 9.70. The van der Waals surface area contributed by atoms with Crippen LogP contribution in [0, 0.1) is 12.8 Å². The van der Waals surface area contributed by atoms with Crippen molar-refractivity contribution in [1.82, 2.24) is 9.47 Å². The summed E-state index contributed by atoms with van der Waals surface area (Å²) in [7, 11) is 0. The average molecular weight is 381 g/mol. The van der Waals surface area contributed by atoms with Gasteiger partial charge in [0, 0.05) is 28.4 Å². The Morgan fingerprint density at radius 1 is 0.793 bits per heavy atom. The molecule has 146 valence electrons. The van der Waals surface area contributed by atoms with Gasteiger partial charge in [-0.25, -0.2) is 0 Å². The van der Waals surface area contributed by atoms with Crippen molar-refractivity contribution in [1.29, 1.82) is 0 Å². The number of rotatable bonds is 2. The number of para-hydroxylation sites is 2. The zero-order valence-corrected chi connectivity index (χ0v) is 17.3. The molecule has 0 radical (unpaired) electrons. The Balaban J connectivity index is 1.62. The van der Waals surface area contributed by atoms with Crippen molar-refractivity contribution in [3.05, 3.63) is 77.9 Å². The molecule has 4 heterocycles. The van der Waals surface area contributed by atoms with Crippen LogP contribution in [0.5, 0.6) is 0 Å². The summed E-state index contributed by atoms with van der Waals surface area (Å²) in [6.45, 7) is 7.35. The van der Waals surface area contributed by atoms with Crippen molar-refractivity contribution in [3.8, 4) is 5.69 Å². The highest BCUT2D eigenvalue weighted by molar-refractivity contribution is 6.09. The molecule has 2 nitrogen and oxygen atoms in total. The van der Waals surface area contributed by atoms with Gasteiger partial charge in [0.25, 0.3) is 0 Å². The number of aromatic nitrogens is 1. The monoisotopic (exact) mass is 380 g/mol. The van der Waals surface area contributed by atoms with Gasteiger partial charge in [0.1, 0.15) is 0 Å². The molecule has 3 aliphatic rings. The first-order valence-corrected chi connectivity index (χ1v) is 11.1. The van der Waals surface area contributed by atoms with E-state index >= 15 is 0 Å². The first-order chi connectivity index (χ1) is 14.2. The minimum absolute atomic E-state index is 0.654. The summed E-state index contributed by atoms with van der Waals surface area (Å²) < 4.78 is 2.43. The molecule has 2 heteroatoms. The van der Waals surface area contributed by atoms with Crippen LogP contribution in [0.4, 0.5) is 0 Å². The molecule has 3 saturated heterocycles. The zero-order valence-electron chi connectivity index (χ0n) is 17.3. The molecular weight excluding hydrogens is 352 g/mol. The van der Waals surface area contributed by atoms with Crippen LogP contribution in [0.1, 0.15) is 36.8 Å². The van der Waals surface area contributed by atoms with E-state index in [1.165, 1.54) is 59.0 Å². The fraction of sp³-hybridized carbons (Fsp3) is 0.333. The largest absolute Gasteiger partial charge is 0.309 e. The molecule has 3 aliphatic heterocycles. The third-order valence-electron chi connectivity index (χ3n) is 7.61. The first-order valence-electron chi connectivity index (χ1n) is 11.1. The van der Waals surface area contributed by atoms with E-state index in [9.17, 15) is 0 Å². The molecule has 4 aromatic rings. The molecule has 0 aliphatic carbocycles. The lowest BCUT2D eigenvalue weighted by Crippen LogP contribution is -2.52. The number of hydrogen-bond donors (Lipinski definition) is 0. The Morgan fingerprint density at radius 2 is 1.52 bits per heavy atom. The molecule has 0 N–H and O–H groups in total. The third kappa shape index (κ3) is 2.52. The van der Waals surface area contributed by atoms with Crippen molar-refractivity contribution in [2.45, 2.75) is 38.6 Å². The maximum atomic E-state index is 2.71. The molecule has 3 aromatic carbocycles. The quantitative estimate of drug-likeness (QED) is 0.397. The summed E-state index contributed by atoms with van der Waals surface area (Å²) in [6, 6.07) is 25.3. The fourth-order valence-electron chi connectivity index (χ4n) is 6.17. The van der Waals surface area contributed by atoms with Crippen LogP contribution in [0.2, 0.25) is 0 Å². The highest BCUT2D eigenvalue weighted by atomic mass is 15.2. The Morgan fingerprint density at radius 3 is 2.28 bits per heavy atom. The first kappa shape index (κ1) is 17.3. The van der Waals surface area contributed by atoms with Gasteiger partial charge in [0.2, 0.25) is 0 Å². The van der Waals surface area contributed by atoms with E-state index in [4.69, 9.17) is 0 Å². The number of aryl methyl sites for hydroxylation is 1. The second-order valence-corrected chi connectivity index (χ2v) is 9.05. The van der Waals surface area contributed by atoms with Crippen LogP contribution in [0.3, 0.4) is 0 Å². The summed E-state index contributed by atoms with van der Waals surface area (Å²) in [4.78, 5) is 2.71. The Bertz CT molecular complexity index is 1190. The topological polar surface area (TPSA) is 8.17 Å². The van der Waals surface area contributed by atoms with Crippen LogP contribution in [0.25, 0.3) is 27.5 Å². The second kappa shape index (κ2) is 6.47. The Kier molecular flexibility index (Phi) is 3.86. The Labute approximate surface area is 172 Å². The van der Waals surface area contributed by atoms with Crippen LogP contribution < -0.4 is 0 Å². The molecule has 1 aromatic heterocycles. The van der Waals surface area contributed by atoms with Crippen molar-refractivity contribution >= 4 is 21.8 Å². The lowest BCUT2D eigenvalue weighted by molar-refractivity contribution is 0.0348. The van der Waals surface area contributed by atoms with Crippen molar-refractivity contribution in [2.24, 2.45) is 5.92 Å². The van der Waals surface area contributed by atoms with Gasteiger partial charge >= 0.3 is 0 Å². The van der Waals surface area contributed by atoms with E-state index in [1.807, 2.05) is 0 Å². The summed E-state index contributed by atoms with van der Waals surface area (Å²) >= 11 is 0. The molecule has 7 rings (SSSR count). The fourth-order valence-corrected chi connectivity index (χ4v) is 6.17. The predicted octanol–water partition coefficient (Wildman–Crippen LogP) is 6.29. The van der Waals surface area contributed by atoms with Gasteiger partial charge in [-0.2, -0.15) is 0 Å². The standard InChI is InChI=1S/C27H28N2/c1-18-16-26-24(17-23(18)27-19(2)28-14-12-20(27)13-15-28)22-10-6-7-11-25(22)29(26)21-8-4-3-5-9-21/h3-11,16-17,19-20,27H,12-15H2,1-2H3/t19-,27?/m1/s1. The zero-order chi connectivity index (χ0) is 19.5. The number of hydrogen-bond acceptors (Lipinski definition) is 1. The van der Waals surface area contributed by atoms with E-state index in [1.54, 1.807) is 5.56 Å². The van der Waals surface area contributed by atoms with Gasteiger partial charge in [-0.05, 0) is 87.2 Å². The van der Waals surface area contributed by atoms with E-state index in [-0.39, 0.29) is 0 Å². The van der Waals surface area contributed by atoms with Gasteiger partial charge in [0.15, 0.2) is 0 Å².